The van der Waals surface area contributed by atoms with E-state index in [1.54, 1.807) is 0 Å². The minimum absolute atomic E-state index is 0.133. The van der Waals surface area contributed by atoms with E-state index in [4.69, 9.17) is 0 Å². The maximum Gasteiger partial charge on any atom is 0.417 e. The van der Waals surface area contributed by atoms with Gasteiger partial charge in [0.2, 0.25) is 0 Å². The fraction of sp³-hybridized carbons (Fsp3) is 0.250. The van der Waals surface area contributed by atoms with E-state index < -0.39 is 11.7 Å². The van der Waals surface area contributed by atoms with Gasteiger partial charge in [0.05, 0.1) is 11.6 Å². The van der Waals surface area contributed by atoms with E-state index in [2.05, 4.69) is 15.6 Å². The molecule has 8 heteroatoms. The van der Waals surface area contributed by atoms with Crippen LogP contribution in [0, 0.1) is 0 Å². The number of benzene rings is 2. The van der Waals surface area contributed by atoms with Gasteiger partial charge in [0, 0.05) is 25.3 Å². The lowest BCUT2D eigenvalue weighted by Gasteiger charge is -2.22. The van der Waals surface area contributed by atoms with Crippen LogP contribution in [-0.2, 0) is 6.18 Å². The molecule has 1 fully saturated rings. The first-order valence-corrected chi connectivity index (χ1v) is 10.4. The molecule has 0 saturated carbocycles. The molecule has 0 bridgehead atoms. The molecule has 2 aromatic carbocycles. The summed E-state index contributed by atoms with van der Waals surface area (Å²) >= 11 is 0. The molecular formula is C24H23F3N4O. The van der Waals surface area contributed by atoms with Gasteiger partial charge in [-0.1, -0.05) is 60.7 Å². The summed E-state index contributed by atoms with van der Waals surface area (Å²) in [6.45, 7) is 1.08. The zero-order chi connectivity index (χ0) is 22.6. The molecule has 32 heavy (non-hydrogen) atoms. The number of rotatable bonds is 5. The van der Waals surface area contributed by atoms with Gasteiger partial charge < -0.3 is 15.5 Å². The third-order valence-corrected chi connectivity index (χ3v) is 5.46. The van der Waals surface area contributed by atoms with Gasteiger partial charge in [0.1, 0.15) is 5.82 Å². The number of urea groups is 1. The summed E-state index contributed by atoms with van der Waals surface area (Å²) in [5.74, 6) is 0.467. The lowest BCUT2D eigenvalue weighted by molar-refractivity contribution is -0.137. The number of hydrogen-bond acceptors (Lipinski definition) is 3. The number of nitrogens with one attached hydrogen (secondary N) is 2. The Kier molecular flexibility index (Phi) is 6.30. The van der Waals surface area contributed by atoms with E-state index in [0.717, 1.165) is 23.4 Å². The maximum atomic E-state index is 12.8. The van der Waals surface area contributed by atoms with Crippen LogP contribution in [-0.4, -0.2) is 30.1 Å². The first-order valence-electron chi connectivity index (χ1n) is 10.4. The number of amides is 2. The molecule has 2 N–H and O–H groups in total. The second-order valence-electron chi connectivity index (χ2n) is 7.71. The number of carbonyl (C=O) groups is 1. The Hall–Kier alpha value is -3.55. The molecule has 0 unspecified atom stereocenters. The van der Waals surface area contributed by atoms with Crippen molar-refractivity contribution in [2.45, 2.75) is 24.7 Å². The van der Waals surface area contributed by atoms with Crippen LogP contribution in [0.15, 0.2) is 79.0 Å². The van der Waals surface area contributed by atoms with Gasteiger partial charge in [-0.25, -0.2) is 9.78 Å². The Morgan fingerprint density at radius 1 is 0.969 bits per heavy atom. The Morgan fingerprint density at radius 2 is 1.59 bits per heavy atom. The van der Waals surface area contributed by atoms with E-state index in [1.807, 2.05) is 65.6 Å². The predicted molar refractivity (Wildman–Crippen MR) is 116 cm³/mol. The van der Waals surface area contributed by atoms with Crippen LogP contribution < -0.4 is 15.5 Å². The number of halogens is 3. The number of hydrogen-bond donors (Lipinski definition) is 2. The average Bonchev–Trinajstić information content (AvgIpc) is 3.26. The Labute approximate surface area is 184 Å². The van der Waals surface area contributed by atoms with E-state index in [9.17, 15) is 18.0 Å². The molecule has 3 aromatic rings. The van der Waals surface area contributed by atoms with Crippen LogP contribution in [0.4, 0.5) is 23.8 Å². The van der Waals surface area contributed by atoms with Crippen molar-refractivity contribution in [3.63, 3.8) is 0 Å². The Bertz CT molecular complexity index is 987. The zero-order valence-corrected chi connectivity index (χ0v) is 17.2. The van der Waals surface area contributed by atoms with Crippen LogP contribution in [0.1, 0.15) is 29.2 Å². The summed E-state index contributed by atoms with van der Waals surface area (Å²) < 4.78 is 38.2. The first kappa shape index (κ1) is 21.7. The number of anilines is 1. The second kappa shape index (κ2) is 9.30. The summed E-state index contributed by atoms with van der Waals surface area (Å²) in [5, 5.41) is 6.03. The van der Waals surface area contributed by atoms with E-state index in [-0.39, 0.29) is 18.1 Å². The first-order chi connectivity index (χ1) is 15.4. The summed E-state index contributed by atoms with van der Waals surface area (Å²) in [7, 11) is 0. The third kappa shape index (κ3) is 5.19. The summed E-state index contributed by atoms with van der Waals surface area (Å²) in [5.41, 5.74) is 1.16. The summed E-state index contributed by atoms with van der Waals surface area (Å²) in [4.78, 5) is 18.6. The van der Waals surface area contributed by atoms with Crippen LogP contribution >= 0.6 is 0 Å². The van der Waals surface area contributed by atoms with Crippen molar-refractivity contribution >= 4 is 11.8 Å². The van der Waals surface area contributed by atoms with Crippen molar-refractivity contribution in [1.82, 2.24) is 15.6 Å². The molecule has 0 spiro atoms. The zero-order valence-electron chi connectivity index (χ0n) is 17.2. The molecule has 2 amide bonds. The van der Waals surface area contributed by atoms with Crippen LogP contribution in [0.5, 0.6) is 0 Å². The van der Waals surface area contributed by atoms with Gasteiger partial charge in [-0.3, -0.25) is 0 Å². The van der Waals surface area contributed by atoms with Crippen LogP contribution in [0.3, 0.4) is 0 Å². The molecule has 1 aromatic heterocycles. The van der Waals surface area contributed by atoms with Gasteiger partial charge in [-0.05, 0) is 29.7 Å². The van der Waals surface area contributed by atoms with E-state index in [1.165, 1.54) is 6.07 Å². The Morgan fingerprint density at radius 3 is 2.12 bits per heavy atom. The quantitative estimate of drug-likeness (QED) is 0.601. The topological polar surface area (TPSA) is 57.3 Å². The standard InChI is InChI=1S/C24H23F3N4O/c25-24(26,27)19-11-12-21(28-15-19)31-14-13-20(16-31)29-23(32)30-22(17-7-3-1-4-8-17)18-9-5-2-6-10-18/h1-12,15,20,22H,13-14,16H2,(H2,29,30,32)/t20-/m0/s1. The summed E-state index contributed by atoms with van der Waals surface area (Å²) in [6, 6.07) is 21.1. The number of alkyl halides is 3. The fourth-order valence-electron chi connectivity index (χ4n) is 3.84. The smallest absolute Gasteiger partial charge is 0.354 e. The largest absolute Gasteiger partial charge is 0.417 e. The van der Waals surface area contributed by atoms with E-state index in [0.29, 0.717) is 25.3 Å². The molecule has 0 aliphatic carbocycles. The average molecular weight is 440 g/mol. The normalized spacial score (nSPS) is 16.2. The van der Waals surface area contributed by atoms with Crippen molar-refractivity contribution in [2.24, 2.45) is 0 Å². The van der Waals surface area contributed by atoms with Crippen molar-refractivity contribution in [1.29, 1.82) is 0 Å². The lowest BCUT2D eigenvalue weighted by atomic mass is 9.99. The van der Waals surface area contributed by atoms with E-state index >= 15 is 0 Å². The minimum atomic E-state index is -4.41. The number of aromatic nitrogens is 1. The van der Waals surface area contributed by atoms with Crippen LogP contribution in [0.2, 0.25) is 0 Å². The molecule has 2 heterocycles. The molecule has 1 aliphatic heterocycles. The molecule has 166 valence electrons. The molecular weight excluding hydrogens is 417 g/mol. The van der Waals surface area contributed by atoms with Gasteiger partial charge in [0.25, 0.3) is 0 Å². The SMILES string of the molecule is O=C(NC(c1ccccc1)c1ccccc1)N[C@H]1CCN(c2ccc(C(F)(F)F)cn2)C1. The molecule has 5 nitrogen and oxygen atoms in total. The predicted octanol–water partition coefficient (Wildman–Crippen LogP) is 4.77. The van der Waals surface area contributed by atoms with Gasteiger partial charge in [0.15, 0.2) is 0 Å². The molecule has 1 saturated heterocycles. The van der Waals surface area contributed by atoms with Crippen molar-refractivity contribution in [3.8, 4) is 0 Å². The van der Waals surface area contributed by atoms with Crippen molar-refractivity contribution in [3.05, 3.63) is 95.7 Å². The lowest BCUT2D eigenvalue weighted by Crippen LogP contribution is -2.44. The highest BCUT2D eigenvalue weighted by Gasteiger charge is 2.31. The van der Waals surface area contributed by atoms with Crippen molar-refractivity contribution < 1.29 is 18.0 Å². The van der Waals surface area contributed by atoms with Crippen LogP contribution in [0.25, 0.3) is 0 Å². The van der Waals surface area contributed by atoms with Gasteiger partial charge >= 0.3 is 12.2 Å². The maximum absolute atomic E-state index is 12.8. The third-order valence-electron chi connectivity index (χ3n) is 5.46. The summed E-state index contributed by atoms with van der Waals surface area (Å²) in [6.07, 6.45) is -2.89. The number of carbonyl (C=O) groups excluding carboxylic acids is 1. The van der Waals surface area contributed by atoms with Gasteiger partial charge in [-0.2, -0.15) is 13.2 Å². The fourth-order valence-corrected chi connectivity index (χ4v) is 3.84. The number of pyridine rings is 1. The monoisotopic (exact) mass is 440 g/mol. The molecule has 1 aliphatic rings. The highest BCUT2D eigenvalue weighted by Crippen LogP contribution is 2.30. The molecule has 4 rings (SSSR count). The second-order valence-corrected chi connectivity index (χ2v) is 7.71. The number of nitrogens with zero attached hydrogens (tertiary/aromatic N) is 2. The molecule has 1 atom stereocenters. The Balaban J connectivity index is 1.38. The highest BCUT2D eigenvalue weighted by atomic mass is 19.4. The van der Waals surface area contributed by atoms with Crippen molar-refractivity contribution in [2.75, 3.05) is 18.0 Å². The minimum Gasteiger partial charge on any atom is -0.354 e. The van der Waals surface area contributed by atoms with Gasteiger partial charge in [-0.15, -0.1) is 0 Å². The highest BCUT2D eigenvalue weighted by molar-refractivity contribution is 5.75. The molecule has 0 radical (unpaired) electrons.